The summed E-state index contributed by atoms with van der Waals surface area (Å²) in [6.45, 7) is 8.99. The zero-order valence-corrected chi connectivity index (χ0v) is 17.6. The molecule has 28 heavy (non-hydrogen) atoms. The van der Waals surface area contributed by atoms with E-state index in [0.717, 1.165) is 11.1 Å². The number of primary sulfonamides is 1. The lowest BCUT2D eigenvalue weighted by Gasteiger charge is -2.14. The predicted octanol–water partition coefficient (Wildman–Crippen LogP) is 3.76. The molecule has 0 aliphatic rings. The first-order valence-electron chi connectivity index (χ1n) is 9.15. The fourth-order valence-corrected chi connectivity index (χ4v) is 3.40. The first-order chi connectivity index (χ1) is 13.0. The van der Waals surface area contributed by atoms with Crippen LogP contribution in [-0.2, 0) is 16.4 Å². The topological polar surface area (TPSA) is 89.3 Å². The quantitative estimate of drug-likeness (QED) is 0.774. The van der Waals surface area contributed by atoms with Crippen LogP contribution in [-0.4, -0.2) is 20.9 Å². The summed E-state index contributed by atoms with van der Waals surface area (Å²) in [6, 6.07) is 13.9. The van der Waals surface area contributed by atoms with Crippen LogP contribution in [0.25, 0.3) is 5.57 Å². The van der Waals surface area contributed by atoms with E-state index >= 15 is 0 Å². The van der Waals surface area contributed by atoms with Gasteiger partial charge in [-0.15, -0.1) is 0 Å². The molecule has 0 aliphatic carbocycles. The number of benzene rings is 2. The van der Waals surface area contributed by atoms with Gasteiger partial charge in [0.2, 0.25) is 10.0 Å². The summed E-state index contributed by atoms with van der Waals surface area (Å²) in [5, 5.41) is 7.96. The Morgan fingerprint density at radius 1 is 1.00 bits per heavy atom. The SMILES string of the molecule is C/C(=C\C(C)(C)C)c1ccc(C(=O)NCCc2ccc(S(N)(=O)=O)cc2)cc1. The molecule has 0 fully saturated rings. The molecule has 6 heteroatoms. The van der Waals surface area contributed by atoms with Crippen LogP contribution >= 0.6 is 0 Å². The Kier molecular flexibility index (Phi) is 6.80. The second-order valence-corrected chi connectivity index (χ2v) is 9.53. The van der Waals surface area contributed by atoms with Crippen LogP contribution in [0.2, 0.25) is 0 Å². The minimum absolute atomic E-state index is 0.0798. The molecule has 0 unspecified atom stereocenters. The number of sulfonamides is 1. The van der Waals surface area contributed by atoms with Crippen molar-refractivity contribution in [2.45, 2.75) is 39.0 Å². The molecule has 2 rings (SSSR count). The van der Waals surface area contributed by atoms with E-state index < -0.39 is 10.0 Å². The normalized spacial score (nSPS) is 12.7. The molecule has 0 saturated heterocycles. The van der Waals surface area contributed by atoms with Gasteiger partial charge in [0.25, 0.3) is 5.91 Å². The van der Waals surface area contributed by atoms with Gasteiger partial charge < -0.3 is 5.32 Å². The van der Waals surface area contributed by atoms with Crippen molar-refractivity contribution < 1.29 is 13.2 Å². The van der Waals surface area contributed by atoms with E-state index in [0.29, 0.717) is 18.5 Å². The maximum absolute atomic E-state index is 12.3. The van der Waals surface area contributed by atoms with Crippen molar-refractivity contribution in [3.05, 3.63) is 71.3 Å². The average molecular weight is 401 g/mol. The molecular formula is C22H28N2O3S. The Morgan fingerprint density at radius 3 is 2.04 bits per heavy atom. The summed E-state index contributed by atoms with van der Waals surface area (Å²) < 4.78 is 22.5. The number of carbonyl (C=O) groups is 1. The molecule has 1 amide bonds. The highest BCUT2D eigenvalue weighted by Crippen LogP contribution is 2.23. The monoisotopic (exact) mass is 400 g/mol. The molecule has 0 atom stereocenters. The van der Waals surface area contributed by atoms with E-state index in [1.807, 2.05) is 24.3 Å². The zero-order chi connectivity index (χ0) is 20.9. The summed E-state index contributed by atoms with van der Waals surface area (Å²) in [6.07, 6.45) is 2.81. The summed E-state index contributed by atoms with van der Waals surface area (Å²) >= 11 is 0. The second-order valence-electron chi connectivity index (χ2n) is 7.97. The molecule has 3 N–H and O–H groups in total. The van der Waals surface area contributed by atoms with Crippen molar-refractivity contribution in [1.82, 2.24) is 5.32 Å². The lowest BCUT2D eigenvalue weighted by molar-refractivity contribution is 0.0954. The van der Waals surface area contributed by atoms with Crippen LogP contribution in [0.15, 0.2) is 59.5 Å². The standard InChI is InChI=1S/C22H28N2O3S/c1-16(15-22(2,3)4)18-7-9-19(10-8-18)21(25)24-14-13-17-5-11-20(12-6-17)28(23,26)27/h5-12,15H,13-14H2,1-4H3,(H,24,25)(H2,23,26,27)/b16-15+. The number of rotatable bonds is 6. The third-order valence-electron chi connectivity index (χ3n) is 4.20. The highest BCUT2D eigenvalue weighted by atomic mass is 32.2. The van der Waals surface area contributed by atoms with Crippen LogP contribution in [0.4, 0.5) is 0 Å². The summed E-state index contributed by atoms with van der Waals surface area (Å²) in [4.78, 5) is 12.4. The number of carbonyl (C=O) groups excluding carboxylic acids is 1. The maximum Gasteiger partial charge on any atom is 0.251 e. The number of amides is 1. The molecule has 0 saturated carbocycles. The van der Waals surface area contributed by atoms with Crippen molar-refractivity contribution in [3.8, 4) is 0 Å². The van der Waals surface area contributed by atoms with Crippen LogP contribution in [0, 0.1) is 5.41 Å². The molecular weight excluding hydrogens is 372 g/mol. The molecule has 0 bridgehead atoms. The van der Waals surface area contributed by atoms with Gasteiger partial charge in [-0.3, -0.25) is 4.79 Å². The lowest BCUT2D eigenvalue weighted by Crippen LogP contribution is -2.25. The largest absolute Gasteiger partial charge is 0.352 e. The highest BCUT2D eigenvalue weighted by Gasteiger charge is 2.10. The number of hydrogen-bond acceptors (Lipinski definition) is 3. The zero-order valence-electron chi connectivity index (χ0n) is 16.8. The summed E-state index contributed by atoms with van der Waals surface area (Å²) in [5.41, 5.74) is 3.92. The molecule has 0 spiro atoms. The van der Waals surface area contributed by atoms with Crippen LogP contribution < -0.4 is 10.5 Å². The van der Waals surface area contributed by atoms with Gasteiger partial charge in [-0.1, -0.05) is 51.1 Å². The Morgan fingerprint density at radius 2 is 1.54 bits per heavy atom. The number of nitrogens with one attached hydrogen (secondary N) is 1. The Labute approximate surface area is 167 Å². The average Bonchev–Trinajstić information content (AvgIpc) is 2.60. The van der Waals surface area contributed by atoms with E-state index in [-0.39, 0.29) is 16.2 Å². The molecule has 150 valence electrons. The first-order valence-corrected chi connectivity index (χ1v) is 10.7. The smallest absolute Gasteiger partial charge is 0.251 e. The van der Waals surface area contributed by atoms with E-state index in [1.165, 1.54) is 17.7 Å². The van der Waals surface area contributed by atoms with Gasteiger partial charge in [0, 0.05) is 12.1 Å². The van der Waals surface area contributed by atoms with E-state index in [4.69, 9.17) is 5.14 Å². The van der Waals surface area contributed by atoms with E-state index in [9.17, 15) is 13.2 Å². The highest BCUT2D eigenvalue weighted by molar-refractivity contribution is 7.89. The van der Waals surface area contributed by atoms with E-state index in [1.54, 1.807) is 12.1 Å². The maximum atomic E-state index is 12.3. The molecule has 0 aromatic heterocycles. The summed E-state index contributed by atoms with van der Waals surface area (Å²) in [7, 11) is -3.68. The van der Waals surface area contributed by atoms with E-state index in [2.05, 4.69) is 39.1 Å². The minimum atomic E-state index is -3.68. The second kappa shape index (κ2) is 8.71. The van der Waals surface area contributed by atoms with Gasteiger partial charge in [-0.25, -0.2) is 13.6 Å². The van der Waals surface area contributed by atoms with Gasteiger partial charge >= 0.3 is 0 Å². The summed E-state index contributed by atoms with van der Waals surface area (Å²) in [5.74, 6) is -0.134. The fourth-order valence-electron chi connectivity index (χ4n) is 2.89. The number of nitrogens with two attached hydrogens (primary N) is 1. The van der Waals surface area contributed by atoms with Crippen LogP contribution in [0.3, 0.4) is 0 Å². The molecule has 5 nitrogen and oxygen atoms in total. The first kappa shape index (κ1) is 21.9. The third-order valence-corrected chi connectivity index (χ3v) is 5.13. The predicted molar refractivity (Wildman–Crippen MR) is 113 cm³/mol. The van der Waals surface area contributed by atoms with Crippen LogP contribution in [0.5, 0.6) is 0 Å². The fraction of sp³-hybridized carbons (Fsp3) is 0.318. The van der Waals surface area contributed by atoms with Gasteiger partial charge in [-0.2, -0.15) is 0 Å². The van der Waals surface area contributed by atoms with Crippen molar-refractivity contribution in [1.29, 1.82) is 0 Å². The number of allylic oxidation sites excluding steroid dienone is 2. The minimum Gasteiger partial charge on any atom is -0.352 e. The van der Waals surface area contributed by atoms with Gasteiger partial charge in [0.15, 0.2) is 0 Å². The van der Waals surface area contributed by atoms with Crippen molar-refractivity contribution in [2.24, 2.45) is 10.6 Å². The van der Waals surface area contributed by atoms with Crippen LogP contribution in [0.1, 0.15) is 49.2 Å². The Balaban J connectivity index is 1.92. The Bertz CT molecular complexity index is 952. The van der Waals surface area contributed by atoms with Gasteiger partial charge in [0.1, 0.15) is 0 Å². The molecule has 0 heterocycles. The van der Waals surface area contributed by atoms with Gasteiger partial charge in [-0.05, 0) is 59.7 Å². The Hall–Kier alpha value is -2.44. The van der Waals surface area contributed by atoms with Crippen molar-refractivity contribution in [2.75, 3.05) is 6.54 Å². The van der Waals surface area contributed by atoms with Crippen molar-refractivity contribution >= 4 is 21.5 Å². The van der Waals surface area contributed by atoms with Gasteiger partial charge in [0.05, 0.1) is 4.90 Å². The molecule has 0 radical (unpaired) electrons. The third kappa shape index (κ3) is 6.62. The molecule has 2 aromatic rings. The number of hydrogen-bond donors (Lipinski definition) is 2. The molecule has 0 aliphatic heterocycles. The molecule has 2 aromatic carbocycles. The lowest BCUT2D eigenvalue weighted by atomic mass is 9.91. The van der Waals surface area contributed by atoms with Crippen molar-refractivity contribution in [3.63, 3.8) is 0 Å².